The lowest BCUT2D eigenvalue weighted by Crippen LogP contribution is -2.16. The maximum atomic E-state index is 11.9. The lowest BCUT2D eigenvalue weighted by molar-refractivity contribution is 0.0693. The fourth-order valence-corrected chi connectivity index (χ4v) is 2.39. The number of carbonyl (C=O) groups is 2. The zero-order valence-electron chi connectivity index (χ0n) is 13.5. The molecule has 130 valence electrons. The van der Waals surface area contributed by atoms with Gasteiger partial charge in [-0.1, -0.05) is 42.5 Å². The summed E-state index contributed by atoms with van der Waals surface area (Å²) in [5, 5.41) is 20.9. The normalized spacial score (nSPS) is 10.2. The largest absolute Gasteiger partial charge is 0.507 e. The zero-order chi connectivity index (χ0) is 18.5. The molecule has 1 amide bonds. The van der Waals surface area contributed by atoms with E-state index in [-0.39, 0.29) is 11.3 Å². The number of carbonyl (C=O) groups excluding carboxylic acids is 1. The van der Waals surface area contributed by atoms with E-state index in [1.54, 1.807) is 12.1 Å². The highest BCUT2D eigenvalue weighted by molar-refractivity contribution is 5.93. The molecular weight excluding hydrogens is 334 g/mol. The Morgan fingerprint density at radius 1 is 0.846 bits per heavy atom. The van der Waals surface area contributed by atoms with Crippen LogP contribution in [0.15, 0.2) is 72.8 Å². The van der Waals surface area contributed by atoms with Crippen molar-refractivity contribution in [2.24, 2.45) is 0 Å². The fraction of sp³-hybridized carbons (Fsp3) is 0. The number of carboxylic acids is 1. The number of carboxylic acid groups (broad SMARTS) is 1. The van der Waals surface area contributed by atoms with E-state index >= 15 is 0 Å². The van der Waals surface area contributed by atoms with Crippen molar-refractivity contribution >= 4 is 17.7 Å². The van der Waals surface area contributed by atoms with Crippen LogP contribution in [0.25, 0.3) is 11.1 Å². The van der Waals surface area contributed by atoms with Crippen molar-refractivity contribution in [2.75, 3.05) is 5.32 Å². The molecule has 0 aliphatic rings. The van der Waals surface area contributed by atoms with Crippen LogP contribution in [-0.2, 0) is 0 Å². The van der Waals surface area contributed by atoms with Gasteiger partial charge in [0.1, 0.15) is 17.1 Å². The van der Waals surface area contributed by atoms with Gasteiger partial charge in [0, 0.05) is 11.8 Å². The number of benzene rings is 3. The Bertz CT molecular complexity index is 936. The highest BCUT2D eigenvalue weighted by Crippen LogP contribution is 2.24. The Balaban J connectivity index is 1.65. The van der Waals surface area contributed by atoms with E-state index in [9.17, 15) is 14.7 Å². The van der Waals surface area contributed by atoms with Crippen LogP contribution in [0.4, 0.5) is 10.5 Å². The third-order valence-corrected chi connectivity index (χ3v) is 3.65. The minimum absolute atomic E-state index is 0.221. The predicted octanol–water partition coefficient (Wildman–Crippen LogP) is 4.37. The van der Waals surface area contributed by atoms with Gasteiger partial charge in [-0.3, -0.25) is 5.32 Å². The van der Waals surface area contributed by atoms with E-state index in [1.807, 2.05) is 42.5 Å². The van der Waals surface area contributed by atoms with Gasteiger partial charge in [-0.2, -0.15) is 0 Å². The first kappa shape index (κ1) is 17.0. The monoisotopic (exact) mass is 349 g/mol. The van der Waals surface area contributed by atoms with E-state index in [0.29, 0.717) is 5.75 Å². The Labute approximate surface area is 149 Å². The minimum Gasteiger partial charge on any atom is -0.507 e. The molecule has 0 saturated carbocycles. The smallest absolute Gasteiger partial charge is 0.417 e. The lowest BCUT2D eigenvalue weighted by atomic mass is 10.1. The number of anilines is 1. The molecule has 0 fully saturated rings. The van der Waals surface area contributed by atoms with Gasteiger partial charge in [-0.25, -0.2) is 9.59 Å². The minimum atomic E-state index is -1.25. The molecule has 0 heterocycles. The second-order valence-electron chi connectivity index (χ2n) is 5.44. The summed E-state index contributed by atoms with van der Waals surface area (Å²) < 4.78 is 5.18. The highest BCUT2D eigenvalue weighted by atomic mass is 16.6. The molecule has 0 saturated heterocycles. The molecule has 6 nitrogen and oxygen atoms in total. The average Bonchev–Trinajstić information content (AvgIpc) is 2.63. The first-order valence-electron chi connectivity index (χ1n) is 7.73. The Kier molecular flexibility index (Phi) is 4.85. The molecule has 3 rings (SSSR count). The number of aromatic carboxylic acids is 1. The van der Waals surface area contributed by atoms with Crippen LogP contribution in [0, 0.1) is 0 Å². The number of ether oxygens (including phenoxy) is 1. The SMILES string of the molecule is O=C(Nc1ccc(C(=O)O)c(O)c1)Oc1ccc(-c2ccccc2)cc1. The van der Waals surface area contributed by atoms with Crippen LogP contribution in [0.5, 0.6) is 11.5 Å². The first-order valence-corrected chi connectivity index (χ1v) is 7.73. The Hall–Kier alpha value is -3.80. The van der Waals surface area contributed by atoms with Gasteiger partial charge in [0.05, 0.1) is 0 Å². The van der Waals surface area contributed by atoms with Crippen molar-refractivity contribution in [3.63, 3.8) is 0 Å². The zero-order valence-corrected chi connectivity index (χ0v) is 13.5. The molecule has 3 aromatic carbocycles. The summed E-state index contributed by atoms with van der Waals surface area (Å²) in [7, 11) is 0. The van der Waals surface area contributed by atoms with Gasteiger partial charge < -0.3 is 14.9 Å². The summed E-state index contributed by atoms with van der Waals surface area (Å²) >= 11 is 0. The van der Waals surface area contributed by atoms with Crippen LogP contribution >= 0.6 is 0 Å². The molecule has 26 heavy (non-hydrogen) atoms. The van der Waals surface area contributed by atoms with Gasteiger partial charge in [0.25, 0.3) is 0 Å². The third-order valence-electron chi connectivity index (χ3n) is 3.65. The van der Waals surface area contributed by atoms with Crippen LogP contribution < -0.4 is 10.1 Å². The standard InChI is InChI=1S/C20H15NO5/c22-18-12-15(8-11-17(18)19(23)24)21-20(25)26-16-9-6-14(7-10-16)13-4-2-1-3-5-13/h1-12,22H,(H,21,25)(H,23,24). The molecule has 0 atom stereocenters. The molecule has 3 aromatic rings. The summed E-state index contributed by atoms with van der Waals surface area (Å²) in [6.07, 6.45) is -0.750. The van der Waals surface area contributed by atoms with E-state index in [4.69, 9.17) is 9.84 Å². The maximum absolute atomic E-state index is 11.9. The van der Waals surface area contributed by atoms with Crippen molar-refractivity contribution in [2.45, 2.75) is 0 Å². The van der Waals surface area contributed by atoms with Crippen LogP contribution in [0.2, 0.25) is 0 Å². The van der Waals surface area contributed by atoms with Gasteiger partial charge in [-0.05, 0) is 35.4 Å². The number of hydrogen-bond acceptors (Lipinski definition) is 4. The van der Waals surface area contributed by atoms with E-state index in [1.165, 1.54) is 12.1 Å². The number of aromatic hydroxyl groups is 1. The predicted molar refractivity (Wildman–Crippen MR) is 96.6 cm³/mol. The summed E-state index contributed by atoms with van der Waals surface area (Å²) in [6.45, 7) is 0. The van der Waals surface area contributed by atoms with Crippen LogP contribution in [-0.4, -0.2) is 22.3 Å². The van der Waals surface area contributed by atoms with Gasteiger partial charge >= 0.3 is 12.1 Å². The third kappa shape index (κ3) is 3.99. The highest BCUT2D eigenvalue weighted by Gasteiger charge is 2.12. The Morgan fingerprint density at radius 3 is 2.12 bits per heavy atom. The number of amides is 1. The molecule has 0 bridgehead atoms. The molecule has 0 spiro atoms. The summed E-state index contributed by atoms with van der Waals surface area (Å²) in [5.74, 6) is -1.34. The van der Waals surface area contributed by atoms with Crippen LogP contribution in [0.1, 0.15) is 10.4 Å². The van der Waals surface area contributed by atoms with Gasteiger partial charge in [0.15, 0.2) is 0 Å². The average molecular weight is 349 g/mol. The molecule has 0 aliphatic heterocycles. The van der Waals surface area contributed by atoms with Crippen molar-refractivity contribution in [3.8, 4) is 22.6 Å². The number of phenols is 1. The molecule has 0 aliphatic carbocycles. The summed E-state index contributed by atoms with van der Waals surface area (Å²) in [5.41, 5.74) is 2.02. The molecule has 0 radical (unpaired) electrons. The van der Waals surface area contributed by atoms with Crippen molar-refractivity contribution < 1.29 is 24.5 Å². The quantitative estimate of drug-likeness (QED) is 0.650. The lowest BCUT2D eigenvalue weighted by Gasteiger charge is -2.08. The fourth-order valence-electron chi connectivity index (χ4n) is 2.39. The maximum Gasteiger partial charge on any atom is 0.417 e. The second-order valence-corrected chi connectivity index (χ2v) is 5.44. The van der Waals surface area contributed by atoms with E-state index < -0.39 is 17.8 Å². The first-order chi connectivity index (χ1) is 12.5. The summed E-state index contributed by atoms with van der Waals surface area (Å²) in [4.78, 5) is 22.8. The van der Waals surface area contributed by atoms with Crippen molar-refractivity contribution in [1.29, 1.82) is 0 Å². The second kappa shape index (κ2) is 7.40. The molecular formula is C20H15NO5. The number of hydrogen-bond donors (Lipinski definition) is 3. The van der Waals surface area contributed by atoms with Gasteiger partial charge in [-0.15, -0.1) is 0 Å². The molecule has 6 heteroatoms. The Morgan fingerprint density at radius 2 is 1.50 bits per heavy atom. The van der Waals surface area contributed by atoms with E-state index in [2.05, 4.69) is 5.32 Å². The summed E-state index contributed by atoms with van der Waals surface area (Å²) in [6, 6.07) is 20.5. The van der Waals surface area contributed by atoms with Gasteiger partial charge in [0.2, 0.25) is 0 Å². The van der Waals surface area contributed by atoms with Crippen molar-refractivity contribution in [3.05, 3.63) is 78.4 Å². The van der Waals surface area contributed by atoms with E-state index in [0.717, 1.165) is 17.2 Å². The molecule has 0 aromatic heterocycles. The van der Waals surface area contributed by atoms with Crippen LogP contribution in [0.3, 0.4) is 0 Å². The number of nitrogens with one attached hydrogen (secondary N) is 1. The topological polar surface area (TPSA) is 95.9 Å². The number of rotatable bonds is 4. The molecule has 0 unspecified atom stereocenters. The molecule has 3 N–H and O–H groups in total. The van der Waals surface area contributed by atoms with Crippen molar-refractivity contribution in [1.82, 2.24) is 0 Å².